The molecule has 0 radical (unpaired) electrons. The standard InChI is InChI=1S/C49H78N4O13/c1-41-7-9-43(10-8-41)53-48-39-44(50(15-19-59-31-35-63-27-23-55-3)16-20-60-32-36-64-28-24-56-4)11-13-46(48)52(42(2)54)47-14-12-45(40-49(47)53)51(17-21-61-33-37-65-29-25-57-5)18-22-62-34-38-66-30-26-58-6/h7-14,39-40,46,48H,15-38H2,1-6H3. The second kappa shape index (κ2) is 33.7. The van der Waals surface area contributed by atoms with Crippen LogP contribution in [0.2, 0.25) is 0 Å². The van der Waals surface area contributed by atoms with Crippen LogP contribution in [0.3, 0.4) is 0 Å². The normalized spacial score (nSPS) is 15.5. The Hall–Kier alpha value is -3.69. The smallest absolute Gasteiger partial charge is 0.224 e. The van der Waals surface area contributed by atoms with Crippen LogP contribution in [0.25, 0.3) is 0 Å². The van der Waals surface area contributed by atoms with Crippen LogP contribution in [0, 0.1) is 6.92 Å². The molecule has 372 valence electrons. The minimum atomic E-state index is -0.274. The minimum absolute atomic E-state index is 0.0396. The maximum atomic E-state index is 13.8. The summed E-state index contributed by atoms with van der Waals surface area (Å²) < 4.78 is 67.0. The molecular weight excluding hydrogens is 853 g/mol. The third-order valence-corrected chi connectivity index (χ3v) is 10.8. The van der Waals surface area contributed by atoms with Crippen LogP contribution in [0.1, 0.15) is 12.5 Å². The first-order valence-electron chi connectivity index (χ1n) is 23.2. The van der Waals surface area contributed by atoms with E-state index in [4.69, 9.17) is 56.8 Å². The molecule has 17 heteroatoms. The Kier molecular flexibility index (Phi) is 28.1. The lowest BCUT2D eigenvalue weighted by molar-refractivity contribution is -0.117. The molecule has 1 aliphatic heterocycles. The summed E-state index contributed by atoms with van der Waals surface area (Å²) >= 11 is 0. The topological polar surface area (TPSA) is 141 Å². The van der Waals surface area contributed by atoms with Crippen molar-refractivity contribution < 1.29 is 61.6 Å². The van der Waals surface area contributed by atoms with Crippen molar-refractivity contribution in [3.8, 4) is 0 Å². The average Bonchev–Trinajstić information content (AvgIpc) is 3.32. The number of benzene rings is 2. The number of aryl methyl sites for hydroxylation is 1. The lowest BCUT2D eigenvalue weighted by Gasteiger charge is -2.49. The van der Waals surface area contributed by atoms with Crippen molar-refractivity contribution in [2.24, 2.45) is 0 Å². The molecule has 2 atom stereocenters. The van der Waals surface area contributed by atoms with Crippen molar-refractivity contribution in [3.63, 3.8) is 0 Å². The van der Waals surface area contributed by atoms with Gasteiger partial charge in [-0.3, -0.25) is 4.79 Å². The SMILES string of the molecule is COCCOCCOCCN(CCOCCOCCOC)C1=CC2C(C=C1)N(C(C)=O)c1ccc(N(CCOCCOCCOC)CCOCCOCCOC)cc1N2c1ccc(C)cc1. The van der Waals surface area contributed by atoms with E-state index >= 15 is 0 Å². The van der Waals surface area contributed by atoms with Crippen molar-refractivity contribution in [2.75, 3.05) is 201 Å². The number of hydrogen-bond donors (Lipinski definition) is 0. The van der Waals surface area contributed by atoms with Crippen molar-refractivity contribution >= 4 is 28.7 Å². The molecule has 2 aliphatic rings. The molecule has 0 aromatic heterocycles. The zero-order valence-electron chi connectivity index (χ0n) is 40.5. The third kappa shape index (κ3) is 19.5. The van der Waals surface area contributed by atoms with Crippen LogP contribution in [0.5, 0.6) is 0 Å². The Morgan fingerprint density at radius 3 is 1.33 bits per heavy atom. The molecule has 2 aromatic rings. The highest BCUT2D eigenvalue weighted by atomic mass is 16.6. The second-order valence-corrected chi connectivity index (χ2v) is 15.5. The van der Waals surface area contributed by atoms with Crippen LogP contribution >= 0.6 is 0 Å². The van der Waals surface area contributed by atoms with E-state index < -0.39 is 0 Å². The molecule has 66 heavy (non-hydrogen) atoms. The van der Waals surface area contributed by atoms with Crippen molar-refractivity contribution in [3.05, 3.63) is 72.0 Å². The first kappa shape index (κ1) is 54.9. The summed E-state index contributed by atoms with van der Waals surface area (Å²) in [6.45, 7) is 16.3. The van der Waals surface area contributed by atoms with Gasteiger partial charge >= 0.3 is 0 Å². The van der Waals surface area contributed by atoms with E-state index in [1.807, 2.05) is 4.90 Å². The largest absolute Gasteiger partial charge is 0.382 e. The quantitative estimate of drug-likeness (QED) is 0.0868. The Morgan fingerprint density at radius 1 is 0.500 bits per heavy atom. The highest BCUT2D eigenvalue weighted by Gasteiger charge is 2.41. The van der Waals surface area contributed by atoms with Crippen molar-refractivity contribution in [1.82, 2.24) is 4.90 Å². The minimum Gasteiger partial charge on any atom is -0.382 e. The summed E-state index contributed by atoms with van der Waals surface area (Å²) in [5, 5.41) is 0. The molecule has 4 rings (SSSR count). The van der Waals surface area contributed by atoms with E-state index in [1.54, 1.807) is 35.4 Å². The fourth-order valence-electron chi connectivity index (χ4n) is 7.44. The fourth-order valence-corrected chi connectivity index (χ4v) is 7.44. The molecule has 0 saturated heterocycles. The maximum Gasteiger partial charge on any atom is 0.224 e. The number of rotatable bonds is 39. The zero-order chi connectivity index (χ0) is 47.0. The summed E-state index contributed by atoms with van der Waals surface area (Å²) in [6.07, 6.45) is 6.56. The number of carbonyl (C=O) groups is 1. The number of ether oxygens (including phenoxy) is 12. The van der Waals surface area contributed by atoms with Gasteiger partial charge in [-0.15, -0.1) is 0 Å². The monoisotopic (exact) mass is 931 g/mol. The van der Waals surface area contributed by atoms with E-state index in [0.29, 0.717) is 158 Å². The van der Waals surface area contributed by atoms with Gasteiger partial charge in [-0.2, -0.15) is 0 Å². The predicted molar refractivity (Wildman–Crippen MR) is 256 cm³/mol. The summed E-state index contributed by atoms with van der Waals surface area (Å²) in [4.78, 5) is 22.6. The molecular formula is C49H78N4O13. The van der Waals surface area contributed by atoms with E-state index in [-0.39, 0.29) is 18.0 Å². The number of hydrogen-bond acceptors (Lipinski definition) is 16. The summed E-state index contributed by atoms with van der Waals surface area (Å²) in [6, 6.07) is 14.4. The number of methoxy groups -OCH3 is 4. The number of carbonyl (C=O) groups excluding carboxylic acids is 1. The van der Waals surface area contributed by atoms with Gasteiger partial charge in [0.25, 0.3) is 0 Å². The molecule has 0 spiro atoms. The van der Waals surface area contributed by atoms with E-state index in [9.17, 15) is 4.79 Å². The number of allylic oxidation sites excluding steroid dienone is 1. The Labute approximate surface area is 393 Å². The Bertz CT molecular complexity index is 1610. The van der Waals surface area contributed by atoms with Gasteiger partial charge in [-0.1, -0.05) is 23.8 Å². The predicted octanol–water partition coefficient (Wildman–Crippen LogP) is 4.52. The van der Waals surface area contributed by atoms with E-state index in [2.05, 4.69) is 82.3 Å². The highest BCUT2D eigenvalue weighted by Crippen LogP contribution is 2.46. The molecule has 1 aliphatic carbocycles. The maximum absolute atomic E-state index is 13.8. The van der Waals surface area contributed by atoms with Crippen LogP contribution in [0.15, 0.2) is 66.4 Å². The van der Waals surface area contributed by atoms with Gasteiger partial charge in [-0.25, -0.2) is 0 Å². The van der Waals surface area contributed by atoms with Gasteiger partial charge in [0.05, 0.1) is 156 Å². The third-order valence-electron chi connectivity index (χ3n) is 10.8. The lowest BCUT2D eigenvalue weighted by atomic mass is 9.91. The van der Waals surface area contributed by atoms with Gasteiger partial charge in [0.1, 0.15) is 0 Å². The summed E-state index contributed by atoms with van der Waals surface area (Å²) in [5.74, 6) is -0.0396. The van der Waals surface area contributed by atoms with Gasteiger partial charge < -0.3 is 76.4 Å². The van der Waals surface area contributed by atoms with Gasteiger partial charge in [0, 0.05) is 78.6 Å². The molecule has 2 unspecified atom stereocenters. The molecule has 17 nitrogen and oxygen atoms in total. The number of fused-ring (bicyclic) bond motifs is 2. The zero-order valence-corrected chi connectivity index (χ0v) is 40.5. The number of anilines is 4. The average molecular weight is 931 g/mol. The molecule has 0 saturated carbocycles. The molecule has 2 aromatic carbocycles. The van der Waals surface area contributed by atoms with Crippen molar-refractivity contribution in [1.29, 1.82) is 0 Å². The molecule has 1 heterocycles. The summed E-state index contributed by atoms with van der Waals surface area (Å²) in [5.41, 5.74) is 5.93. The number of nitrogens with zero attached hydrogens (tertiary/aromatic N) is 4. The van der Waals surface area contributed by atoms with E-state index in [1.165, 1.54) is 0 Å². The van der Waals surface area contributed by atoms with Gasteiger partial charge in [0.15, 0.2) is 0 Å². The Morgan fingerprint density at radius 2 is 0.909 bits per heavy atom. The van der Waals surface area contributed by atoms with E-state index in [0.717, 1.165) is 34.0 Å². The molecule has 0 N–H and O–H groups in total. The molecule has 0 fully saturated rings. The van der Waals surface area contributed by atoms with Crippen LogP contribution < -0.4 is 14.7 Å². The highest BCUT2D eigenvalue weighted by molar-refractivity contribution is 6.00. The fraction of sp³-hybridized carbons (Fsp3) is 0.653. The second-order valence-electron chi connectivity index (χ2n) is 15.5. The van der Waals surface area contributed by atoms with Crippen molar-refractivity contribution in [2.45, 2.75) is 25.9 Å². The van der Waals surface area contributed by atoms with Gasteiger partial charge in [-0.05, 0) is 49.4 Å². The first-order valence-corrected chi connectivity index (χ1v) is 23.2. The van der Waals surface area contributed by atoms with Crippen LogP contribution in [0.4, 0.5) is 22.7 Å². The lowest BCUT2D eigenvalue weighted by Crippen LogP contribution is -2.56. The first-order chi connectivity index (χ1) is 32.4. The number of amides is 1. The molecule has 1 amide bonds. The van der Waals surface area contributed by atoms with Gasteiger partial charge in [0.2, 0.25) is 5.91 Å². The van der Waals surface area contributed by atoms with Crippen LogP contribution in [-0.2, 0) is 61.6 Å². The Balaban J connectivity index is 1.63. The molecule has 0 bridgehead atoms. The van der Waals surface area contributed by atoms with Crippen LogP contribution in [-0.4, -0.2) is 210 Å². The summed E-state index contributed by atoms with van der Waals surface area (Å²) in [7, 11) is 6.63.